The maximum atomic E-state index is 10.2. The van der Waals surface area contributed by atoms with Crippen molar-refractivity contribution in [2.24, 2.45) is 5.92 Å². The lowest BCUT2D eigenvalue weighted by atomic mass is 9.93. The molecule has 0 spiro atoms. The Morgan fingerprint density at radius 2 is 1.92 bits per heavy atom. The predicted octanol–water partition coefficient (Wildman–Crippen LogP) is 2.46. The summed E-state index contributed by atoms with van der Waals surface area (Å²) in [7, 11) is 0. The average Bonchev–Trinajstić information content (AvgIpc) is 2.14. The van der Waals surface area contributed by atoms with Gasteiger partial charge < -0.3 is 5.11 Å². The van der Waals surface area contributed by atoms with Crippen LogP contribution in [0.3, 0.4) is 0 Å². The Morgan fingerprint density at radius 3 is 2.46 bits per heavy atom. The Kier molecular flexibility index (Phi) is 9.44. The summed E-state index contributed by atoms with van der Waals surface area (Å²) in [5.41, 5.74) is 0. The first-order valence-corrected chi connectivity index (χ1v) is 5.31. The van der Waals surface area contributed by atoms with Gasteiger partial charge in [-0.3, -0.25) is 4.79 Å². The van der Waals surface area contributed by atoms with E-state index >= 15 is 0 Å². The molecule has 2 nitrogen and oxygen atoms in total. The summed E-state index contributed by atoms with van der Waals surface area (Å²) in [4.78, 5) is 10.2. The zero-order valence-corrected chi connectivity index (χ0v) is 8.59. The Balaban J connectivity index is 3.47. The van der Waals surface area contributed by atoms with Gasteiger partial charge in [-0.25, -0.2) is 0 Å². The number of carbonyl (C=O) groups excluding carboxylic acids is 1. The van der Waals surface area contributed by atoms with Crippen LogP contribution in [0.4, 0.5) is 0 Å². The zero-order valence-electron chi connectivity index (χ0n) is 8.59. The van der Waals surface area contributed by atoms with E-state index in [1.807, 2.05) is 6.29 Å². The molecule has 1 unspecified atom stereocenters. The van der Waals surface area contributed by atoms with Crippen molar-refractivity contribution in [3.05, 3.63) is 0 Å². The minimum Gasteiger partial charge on any atom is -0.396 e. The van der Waals surface area contributed by atoms with E-state index in [1.165, 1.54) is 12.8 Å². The van der Waals surface area contributed by atoms with Crippen LogP contribution in [0.15, 0.2) is 0 Å². The molecule has 0 saturated heterocycles. The summed E-state index contributed by atoms with van der Waals surface area (Å²) >= 11 is 0. The van der Waals surface area contributed by atoms with Crippen LogP contribution in [0.25, 0.3) is 0 Å². The Morgan fingerprint density at radius 1 is 1.23 bits per heavy atom. The van der Waals surface area contributed by atoms with Crippen LogP contribution in [0.1, 0.15) is 51.9 Å². The summed E-state index contributed by atoms with van der Waals surface area (Å²) in [6.45, 7) is 2.43. The molecule has 1 N–H and O–H groups in total. The Bertz CT molecular complexity index is 113. The maximum Gasteiger partial charge on any atom is 0.198 e. The minimum atomic E-state index is 0.269. The molecule has 0 aromatic rings. The minimum absolute atomic E-state index is 0.269. The average molecular weight is 185 g/mol. The molecule has 1 radical (unpaired) electrons. The third-order valence-corrected chi connectivity index (χ3v) is 2.36. The van der Waals surface area contributed by atoms with Gasteiger partial charge in [0, 0.05) is 13.0 Å². The van der Waals surface area contributed by atoms with E-state index < -0.39 is 0 Å². The highest BCUT2D eigenvalue weighted by atomic mass is 16.2. The molecule has 0 saturated carbocycles. The first-order valence-electron chi connectivity index (χ1n) is 5.31. The highest BCUT2D eigenvalue weighted by Crippen LogP contribution is 2.18. The smallest absolute Gasteiger partial charge is 0.198 e. The lowest BCUT2D eigenvalue weighted by molar-refractivity contribution is 0.276. The van der Waals surface area contributed by atoms with Crippen molar-refractivity contribution >= 4 is 6.29 Å². The second-order valence-electron chi connectivity index (χ2n) is 3.58. The molecule has 0 aromatic carbocycles. The summed E-state index contributed by atoms with van der Waals surface area (Å²) in [5.74, 6) is 0.504. The maximum absolute atomic E-state index is 10.2. The van der Waals surface area contributed by atoms with Gasteiger partial charge in [-0.15, -0.1) is 0 Å². The predicted molar refractivity (Wildman–Crippen MR) is 54.3 cm³/mol. The summed E-state index contributed by atoms with van der Waals surface area (Å²) in [5, 5.41) is 8.61. The van der Waals surface area contributed by atoms with E-state index in [4.69, 9.17) is 5.11 Å². The van der Waals surface area contributed by atoms with Crippen molar-refractivity contribution in [1.82, 2.24) is 0 Å². The quantitative estimate of drug-likeness (QED) is 0.560. The number of hydrogen-bond acceptors (Lipinski definition) is 2. The van der Waals surface area contributed by atoms with Crippen molar-refractivity contribution in [3.63, 3.8) is 0 Å². The summed E-state index contributed by atoms with van der Waals surface area (Å²) in [6, 6.07) is 0. The van der Waals surface area contributed by atoms with E-state index in [1.54, 1.807) is 0 Å². The summed E-state index contributed by atoms with van der Waals surface area (Å²) < 4.78 is 0. The van der Waals surface area contributed by atoms with Crippen LogP contribution in [-0.2, 0) is 4.79 Å². The zero-order chi connectivity index (χ0) is 9.94. The van der Waals surface area contributed by atoms with Crippen LogP contribution >= 0.6 is 0 Å². The van der Waals surface area contributed by atoms with Gasteiger partial charge in [0.15, 0.2) is 6.29 Å². The molecule has 0 aliphatic rings. The van der Waals surface area contributed by atoms with Crippen LogP contribution in [0, 0.1) is 5.92 Å². The first-order chi connectivity index (χ1) is 6.35. The molecule has 0 amide bonds. The van der Waals surface area contributed by atoms with Gasteiger partial charge in [0.1, 0.15) is 0 Å². The molecule has 0 rings (SSSR count). The molecule has 0 aliphatic carbocycles. The molecule has 2 heteroatoms. The third-order valence-electron chi connectivity index (χ3n) is 2.36. The lowest BCUT2D eigenvalue weighted by Gasteiger charge is -2.12. The fraction of sp³-hybridized carbons (Fsp3) is 0.909. The van der Waals surface area contributed by atoms with Gasteiger partial charge in [0.2, 0.25) is 0 Å². The van der Waals surface area contributed by atoms with Crippen molar-refractivity contribution in [1.29, 1.82) is 0 Å². The number of aliphatic hydroxyl groups is 1. The molecular weight excluding hydrogens is 164 g/mol. The first kappa shape index (κ1) is 12.6. The van der Waals surface area contributed by atoms with Crippen molar-refractivity contribution in [3.8, 4) is 0 Å². The normalized spacial score (nSPS) is 12.8. The molecular formula is C11H21O2. The Labute approximate surface area is 81.3 Å². The van der Waals surface area contributed by atoms with E-state index in [0.717, 1.165) is 25.7 Å². The second-order valence-corrected chi connectivity index (χ2v) is 3.58. The van der Waals surface area contributed by atoms with E-state index in [-0.39, 0.29) is 6.61 Å². The molecule has 1 atom stereocenters. The van der Waals surface area contributed by atoms with Gasteiger partial charge in [-0.1, -0.05) is 32.6 Å². The van der Waals surface area contributed by atoms with Crippen LogP contribution in [0.5, 0.6) is 0 Å². The molecule has 0 aliphatic heterocycles. The number of unbranched alkanes of at least 4 members (excludes halogenated alkanes) is 2. The van der Waals surface area contributed by atoms with Gasteiger partial charge in [-0.05, 0) is 18.8 Å². The molecule has 0 fully saturated rings. The number of aliphatic hydroxyl groups excluding tert-OH is 1. The topological polar surface area (TPSA) is 37.3 Å². The van der Waals surface area contributed by atoms with E-state index in [2.05, 4.69) is 6.92 Å². The molecule has 13 heavy (non-hydrogen) atoms. The van der Waals surface area contributed by atoms with Crippen molar-refractivity contribution in [2.45, 2.75) is 51.9 Å². The van der Waals surface area contributed by atoms with Crippen molar-refractivity contribution in [2.75, 3.05) is 6.61 Å². The van der Waals surface area contributed by atoms with Crippen LogP contribution in [-0.4, -0.2) is 18.0 Å². The molecule has 0 bridgehead atoms. The summed E-state index contributed by atoms with van der Waals surface area (Å²) in [6.07, 6.45) is 9.05. The van der Waals surface area contributed by atoms with Crippen LogP contribution < -0.4 is 0 Å². The van der Waals surface area contributed by atoms with E-state index in [9.17, 15) is 4.79 Å². The monoisotopic (exact) mass is 185 g/mol. The van der Waals surface area contributed by atoms with Gasteiger partial charge in [0.05, 0.1) is 0 Å². The SMILES string of the molecule is CCCCC(C[C]=O)CCCCO. The highest BCUT2D eigenvalue weighted by molar-refractivity contribution is 5.50. The Hall–Kier alpha value is -0.370. The second kappa shape index (κ2) is 9.72. The van der Waals surface area contributed by atoms with E-state index in [0.29, 0.717) is 12.3 Å². The van der Waals surface area contributed by atoms with Crippen molar-refractivity contribution < 1.29 is 9.90 Å². The standard InChI is InChI=1S/C11H21O2/c1-2-3-6-11(8-10-13)7-4-5-9-12/h11-12H,2-9H2,1H3. The molecule has 0 aromatic heterocycles. The fourth-order valence-electron chi connectivity index (χ4n) is 1.50. The molecule has 0 heterocycles. The van der Waals surface area contributed by atoms with Crippen LogP contribution in [0.2, 0.25) is 0 Å². The third kappa shape index (κ3) is 7.97. The molecule has 77 valence electrons. The highest BCUT2D eigenvalue weighted by Gasteiger charge is 2.07. The number of rotatable bonds is 9. The number of hydrogen-bond donors (Lipinski definition) is 1. The van der Waals surface area contributed by atoms with Gasteiger partial charge in [0.25, 0.3) is 0 Å². The van der Waals surface area contributed by atoms with Gasteiger partial charge >= 0.3 is 0 Å². The lowest BCUT2D eigenvalue weighted by Crippen LogP contribution is -2.02. The largest absolute Gasteiger partial charge is 0.396 e. The van der Waals surface area contributed by atoms with Gasteiger partial charge in [-0.2, -0.15) is 0 Å². The fourth-order valence-corrected chi connectivity index (χ4v) is 1.50.